The molecular weight excluding hydrogens is 352 g/mol. The van der Waals surface area contributed by atoms with Crippen molar-refractivity contribution in [1.29, 1.82) is 0 Å². The minimum atomic E-state index is -0.834. The van der Waals surface area contributed by atoms with Gasteiger partial charge in [0.15, 0.2) is 0 Å². The molecule has 9 nitrogen and oxygen atoms in total. The second-order valence-electron chi connectivity index (χ2n) is 6.88. The maximum Gasteiger partial charge on any atom is 0.325 e. The van der Waals surface area contributed by atoms with Crippen LogP contribution in [-0.2, 0) is 11.3 Å². The molecular formula is C18H20N4O5. The summed E-state index contributed by atoms with van der Waals surface area (Å²) < 4.78 is 15.8. The molecule has 1 aromatic carbocycles. The lowest BCUT2D eigenvalue weighted by Crippen LogP contribution is -2.46. The van der Waals surface area contributed by atoms with Crippen molar-refractivity contribution in [2.24, 2.45) is 5.92 Å². The van der Waals surface area contributed by atoms with Crippen LogP contribution in [-0.4, -0.2) is 46.7 Å². The van der Waals surface area contributed by atoms with E-state index in [0.29, 0.717) is 22.9 Å². The number of ether oxygens (including phenoxy) is 2. The molecule has 3 amide bonds. The van der Waals surface area contributed by atoms with E-state index in [0.717, 1.165) is 17.7 Å². The number of benzene rings is 1. The van der Waals surface area contributed by atoms with Gasteiger partial charge in [-0.15, -0.1) is 0 Å². The van der Waals surface area contributed by atoms with Crippen LogP contribution in [0.15, 0.2) is 22.7 Å². The number of carbonyl (C=O) groups excluding carboxylic acids is 2. The summed E-state index contributed by atoms with van der Waals surface area (Å²) in [6, 6.07) is 4.79. The summed E-state index contributed by atoms with van der Waals surface area (Å²) in [5, 5.41) is 6.75. The molecule has 1 atom stereocenters. The number of hydrogen-bond acceptors (Lipinski definition) is 7. The first-order valence-electron chi connectivity index (χ1n) is 8.65. The molecule has 27 heavy (non-hydrogen) atoms. The Morgan fingerprint density at radius 2 is 2.07 bits per heavy atom. The maximum absolute atomic E-state index is 12.7. The average molecular weight is 372 g/mol. The number of amides is 3. The summed E-state index contributed by atoms with van der Waals surface area (Å²) >= 11 is 0. The van der Waals surface area contributed by atoms with Crippen LogP contribution in [0.1, 0.15) is 25.7 Å². The highest BCUT2D eigenvalue weighted by Gasteiger charge is 2.56. The van der Waals surface area contributed by atoms with Crippen LogP contribution in [0, 0.1) is 5.92 Å². The molecule has 1 aromatic heterocycles. The molecule has 2 heterocycles. The van der Waals surface area contributed by atoms with E-state index in [1.165, 1.54) is 7.11 Å². The fraction of sp³-hybridized carbons (Fsp3) is 0.444. The largest absolute Gasteiger partial charge is 0.497 e. The lowest BCUT2D eigenvalue weighted by atomic mass is 9.96. The molecule has 142 valence electrons. The SMILES string of the molecule is COc1ccc(-c2noc(CN3C(=O)NC(C)(C4CC4)C3=O)n2)c(OC)c1. The van der Waals surface area contributed by atoms with Gasteiger partial charge in [-0.3, -0.25) is 9.69 Å². The monoisotopic (exact) mass is 372 g/mol. The third-order valence-electron chi connectivity index (χ3n) is 5.11. The van der Waals surface area contributed by atoms with Crippen molar-refractivity contribution in [2.45, 2.75) is 31.8 Å². The van der Waals surface area contributed by atoms with E-state index in [4.69, 9.17) is 14.0 Å². The highest BCUT2D eigenvalue weighted by molar-refractivity contribution is 6.07. The van der Waals surface area contributed by atoms with Gasteiger partial charge in [0.1, 0.15) is 23.6 Å². The van der Waals surface area contributed by atoms with E-state index in [9.17, 15) is 9.59 Å². The first kappa shape index (κ1) is 17.3. The molecule has 9 heteroatoms. The molecule has 1 aliphatic heterocycles. The molecule has 0 bridgehead atoms. The lowest BCUT2D eigenvalue weighted by molar-refractivity contribution is -0.132. The summed E-state index contributed by atoms with van der Waals surface area (Å²) in [5.74, 6) is 1.58. The van der Waals surface area contributed by atoms with Gasteiger partial charge in [0.2, 0.25) is 11.7 Å². The van der Waals surface area contributed by atoms with Crippen molar-refractivity contribution < 1.29 is 23.6 Å². The van der Waals surface area contributed by atoms with Gasteiger partial charge in [0.25, 0.3) is 5.91 Å². The number of nitrogens with one attached hydrogen (secondary N) is 1. The number of aromatic nitrogens is 2. The fourth-order valence-corrected chi connectivity index (χ4v) is 3.34. The molecule has 4 rings (SSSR count). The second-order valence-corrected chi connectivity index (χ2v) is 6.88. The Labute approximate surface area is 155 Å². The number of carbonyl (C=O) groups is 2. The zero-order valence-electron chi connectivity index (χ0n) is 15.3. The van der Waals surface area contributed by atoms with Crippen molar-refractivity contribution in [1.82, 2.24) is 20.4 Å². The Balaban J connectivity index is 1.55. The third-order valence-corrected chi connectivity index (χ3v) is 5.11. The summed E-state index contributed by atoms with van der Waals surface area (Å²) in [7, 11) is 3.10. The Morgan fingerprint density at radius 3 is 2.74 bits per heavy atom. The fourth-order valence-electron chi connectivity index (χ4n) is 3.34. The summed E-state index contributed by atoms with van der Waals surface area (Å²) in [4.78, 5) is 30.4. The first-order chi connectivity index (χ1) is 13.0. The van der Waals surface area contributed by atoms with Crippen molar-refractivity contribution in [3.05, 3.63) is 24.1 Å². The zero-order valence-corrected chi connectivity index (χ0v) is 15.3. The quantitative estimate of drug-likeness (QED) is 0.773. The third kappa shape index (κ3) is 2.88. The molecule has 0 spiro atoms. The molecule has 2 aliphatic rings. The van der Waals surface area contributed by atoms with Crippen LogP contribution >= 0.6 is 0 Å². The van der Waals surface area contributed by atoms with Crippen LogP contribution in [0.2, 0.25) is 0 Å². The van der Waals surface area contributed by atoms with E-state index in [2.05, 4.69) is 15.5 Å². The molecule has 1 saturated heterocycles. The minimum Gasteiger partial charge on any atom is -0.497 e. The normalized spacial score (nSPS) is 22.1. The van der Waals surface area contributed by atoms with Gasteiger partial charge in [0.05, 0.1) is 19.8 Å². The van der Waals surface area contributed by atoms with Gasteiger partial charge in [-0.05, 0) is 37.8 Å². The van der Waals surface area contributed by atoms with Gasteiger partial charge in [0, 0.05) is 6.07 Å². The minimum absolute atomic E-state index is 0.0710. The predicted octanol–water partition coefficient (Wildman–Crippen LogP) is 1.97. The summed E-state index contributed by atoms with van der Waals surface area (Å²) in [5.41, 5.74) is -0.215. The Hall–Kier alpha value is -3.10. The number of rotatable bonds is 6. The highest BCUT2D eigenvalue weighted by atomic mass is 16.5. The van der Waals surface area contributed by atoms with Crippen molar-refractivity contribution in [3.8, 4) is 22.9 Å². The molecule has 1 N–H and O–H groups in total. The van der Waals surface area contributed by atoms with Crippen LogP contribution in [0.4, 0.5) is 4.79 Å². The van der Waals surface area contributed by atoms with Gasteiger partial charge >= 0.3 is 6.03 Å². The van der Waals surface area contributed by atoms with Crippen LogP contribution in [0.5, 0.6) is 11.5 Å². The van der Waals surface area contributed by atoms with Crippen molar-refractivity contribution in [2.75, 3.05) is 14.2 Å². The lowest BCUT2D eigenvalue weighted by Gasteiger charge is -2.20. The van der Waals surface area contributed by atoms with E-state index in [-0.39, 0.29) is 24.3 Å². The van der Waals surface area contributed by atoms with Gasteiger partial charge < -0.3 is 19.3 Å². The van der Waals surface area contributed by atoms with Crippen LogP contribution in [0.3, 0.4) is 0 Å². The van der Waals surface area contributed by atoms with E-state index in [1.807, 2.05) is 0 Å². The molecule has 2 fully saturated rings. The highest BCUT2D eigenvalue weighted by Crippen LogP contribution is 2.42. The Kier molecular flexibility index (Phi) is 4.01. The Morgan fingerprint density at radius 1 is 1.30 bits per heavy atom. The first-order valence-corrected chi connectivity index (χ1v) is 8.65. The topological polar surface area (TPSA) is 107 Å². The smallest absolute Gasteiger partial charge is 0.325 e. The van der Waals surface area contributed by atoms with Gasteiger partial charge in [-0.2, -0.15) is 4.98 Å². The second kappa shape index (κ2) is 6.26. The molecule has 1 unspecified atom stereocenters. The number of methoxy groups -OCH3 is 2. The standard InChI is InChI=1S/C18H20N4O5/c1-18(10-4-5-10)16(23)22(17(24)20-18)9-14-19-15(21-27-14)12-7-6-11(25-2)8-13(12)26-3/h6-8,10H,4-5,9H2,1-3H3,(H,20,24). The number of imide groups is 1. The average Bonchev–Trinajstić information content (AvgIpc) is 3.40. The van der Waals surface area contributed by atoms with E-state index < -0.39 is 11.6 Å². The van der Waals surface area contributed by atoms with Crippen LogP contribution < -0.4 is 14.8 Å². The molecule has 2 aromatic rings. The number of nitrogens with zero attached hydrogens (tertiary/aromatic N) is 3. The number of hydrogen-bond donors (Lipinski definition) is 1. The molecule has 1 aliphatic carbocycles. The predicted molar refractivity (Wildman–Crippen MR) is 93.0 cm³/mol. The van der Waals surface area contributed by atoms with Crippen molar-refractivity contribution in [3.63, 3.8) is 0 Å². The van der Waals surface area contributed by atoms with E-state index in [1.54, 1.807) is 32.2 Å². The van der Waals surface area contributed by atoms with Crippen LogP contribution in [0.25, 0.3) is 11.4 Å². The molecule has 0 radical (unpaired) electrons. The number of urea groups is 1. The zero-order chi connectivity index (χ0) is 19.2. The van der Waals surface area contributed by atoms with Crippen molar-refractivity contribution >= 4 is 11.9 Å². The summed E-state index contributed by atoms with van der Waals surface area (Å²) in [6.07, 6.45) is 1.89. The maximum atomic E-state index is 12.7. The Bertz CT molecular complexity index is 907. The summed E-state index contributed by atoms with van der Waals surface area (Å²) in [6.45, 7) is 1.70. The van der Waals surface area contributed by atoms with Gasteiger partial charge in [-0.1, -0.05) is 5.16 Å². The van der Waals surface area contributed by atoms with E-state index >= 15 is 0 Å². The van der Waals surface area contributed by atoms with Gasteiger partial charge in [-0.25, -0.2) is 4.79 Å². The molecule has 1 saturated carbocycles.